The molecule has 1 amide bonds. The van der Waals surface area contributed by atoms with Crippen LogP contribution in [-0.2, 0) is 11.2 Å². The number of hydrogen-bond donors (Lipinski definition) is 2. The third kappa shape index (κ3) is 4.57. The molecule has 4 nitrogen and oxygen atoms in total. The number of hydrogen-bond acceptors (Lipinski definition) is 2. The molecule has 0 aliphatic carbocycles. The third-order valence-electron chi connectivity index (χ3n) is 2.41. The molecule has 0 spiro atoms. The summed E-state index contributed by atoms with van der Waals surface area (Å²) < 4.78 is 0. The molecule has 0 bridgehead atoms. The van der Waals surface area contributed by atoms with Crippen molar-refractivity contribution >= 4 is 11.9 Å². The summed E-state index contributed by atoms with van der Waals surface area (Å²) in [5.41, 5.74) is 0.738. The largest absolute Gasteiger partial charge is 0.478 e. The van der Waals surface area contributed by atoms with E-state index >= 15 is 0 Å². The maximum atomic E-state index is 11.7. The van der Waals surface area contributed by atoms with Crippen LogP contribution in [0.25, 0.3) is 0 Å². The fraction of sp³-hybridized carbons (Fsp3) is 0.429. The van der Waals surface area contributed by atoms with E-state index in [1.54, 1.807) is 18.2 Å². The van der Waals surface area contributed by atoms with Crippen LogP contribution < -0.4 is 5.32 Å². The molecule has 1 rings (SSSR count). The van der Waals surface area contributed by atoms with Gasteiger partial charge in [-0.25, -0.2) is 4.79 Å². The zero-order valence-corrected chi connectivity index (χ0v) is 11.0. The van der Waals surface area contributed by atoms with E-state index in [0.717, 1.165) is 0 Å². The first-order valence-electron chi connectivity index (χ1n) is 5.87. The van der Waals surface area contributed by atoms with Crippen molar-refractivity contribution in [1.29, 1.82) is 0 Å². The number of rotatable bonds is 4. The van der Waals surface area contributed by atoms with Crippen molar-refractivity contribution in [2.24, 2.45) is 5.41 Å². The third-order valence-corrected chi connectivity index (χ3v) is 2.41. The summed E-state index contributed by atoms with van der Waals surface area (Å²) >= 11 is 0. The molecule has 18 heavy (non-hydrogen) atoms. The minimum atomic E-state index is -1.01. The van der Waals surface area contributed by atoms with Crippen LogP contribution in [0, 0.1) is 5.41 Å². The number of carboxylic acids is 1. The first kappa shape index (κ1) is 14.2. The monoisotopic (exact) mass is 249 g/mol. The lowest BCUT2D eigenvalue weighted by Gasteiger charge is -2.18. The molecule has 0 atom stereocenters. The van der Waals surface area contributed by atoms with Gasteiger partial charge in [0, 0.05) is 6.54 Å². The van der Waals surface area contributed by atoms with Crippen LogP contribution in [-0.4, -0.2) is 23.5 Å². The van der Waals surface area contributed by atoms with Gasteiger partial charge in [-0.15, -0.1) is 0 Å². The number of nitrogens with one attached hydrogen (secondary N) is 1. The van der Waals surface area contributed by atoms with Crippen LogP contribution in [0.1, 0.15) is 36.7 Å². The van der Waals surface area contributed by atoms with Crippen LogP contribution in [0.4, 0.5) is 0 Å². The van der Waals surface area contributed by atoms with Crippen LogP contribution >= 0.6 is 0 Å². The molecule has 2 N–H and O–H groups in total. The van der Waals surface area contributed by atoms with Crippen LogP contribution in [0.3, 0.4) is 0 Å². The number of amides is 1. The molecule has 0 aliphatic heterocycles. The van der Waals surface area contributed by atoms with E-state index < -0.39 is 5.97 Å². The molecule has 1 aromatic rings. The van der Waals surface area contributed by atoms with E-state index in [0.29, 0.717) is 12.1 Å². The van der Waals surface area contributed by atoms with Crippen molar-refractivity contribution in [2.75, 3.05) is 6.54 Å². The Hall–Kier alpha value is -1.84. The number of carboxylic acid groups (broad SMARTS) is 1. The highest BCUT2D eigenvalue weighted by molar-refractivity contribution is 5.91. The van der Waals surface area contributed by atoms with Gasteiger partial charge in [0.2, 0.25) is 5.91 Å². The molecule has 0 heterocycles. The zero-order valence-electron chi connectivity index (χ0n) is 11.0. The maximum Gasteiger partial charge on any atom is 0.335 e. The van der Waals surface area contributed by atoms with Gasteiger partial charge < -0.3 is 10.4 Å². The van der Waals surface area contributed by atoms with Gasteiger partial charge in [-0.2, -0.15) is 0 Å². The Morgan fingerprint density at radius 3 is 2.39 bits per heavy atom. The SMILES string of the molecule is CC(C)(C)CNC(=O)Cc1ccccc1C(=O)O. The van der Waals surface area contributed by atoms with Crippen molar-refractivity contribution in [3.8, 4) is 0 Å². The lowest BCUT2D eigenvalue weighted by molar-refractivity contribution is -0.120. The number of carbonyl (C=O) groups is 2. The maximum absolute atomic E-state index is 11.7. The molecule has 1 aromatic carbocycles. The Balaban J connectivity index is 2.68. The van der Waals surface area contributed by atoms with E-state index in [2.05, 4.69) is 5.32 Å². The lowest BCUT2D eigenvalue weighted by atomic mass is 9.96. The van der Waals surface area contributed by atoms with Crippen molar-refractivity contribution in [1.82, 2.24) is 5.32 Å². The first-order chi connectivity index (χ1) is 8.29. The van der Waals surface area contributed by atoms with Crippen molar-refractivity contribution in [3.05, 3.63) is 35.4 Å². The average molecular weight is 249 g/mol. The summed E-state index contributed by atoms with van der Waals surface area (Å²) in [6.07, 6.45) is 0.0958. The zero-order chi connectivity index (χ0) is 13.8. The molecular weight excluding hydrogens is 230 g/mol. The molecule has 0 aliphatic rings. The predicted molar refractivity (Wildman–Crippen MR) is 69.6 cm³/mol. The fourth-order valence-corrected chi connectivity index (χ4v) is 1.48. The fourth-order valence-electron chi connectivity index (χ4n) is 1.48. The topological polar surface area (TPSA) is 66.4 Å². The van der Waals surface area contributed by atoms with Gasteiger partial charge in [-0.05, 0) is 17.0 Å². The second-order valence-corrected chi connectivity index (χ2v) is 5.48. The van der Waals surface area contributed by atoms with Gasteiger partial charge in [0.05, 0.1) is 12.0 Å². The van der Waals surface area contributed by atoms with Crippen molar-refractivity contribution in [3.63, 3.8) is 0 Å². The molecule has 0 radical (unpaired) electrons. The van der Waals surface area contributed by atoms with Crippen molar-refractivity contribution in [2.45, 2.75) is 27.2 Å². The molecule has 0 saturated heterocycles. The molecule has 0 unspecified atom stereocenters. The lowest BCUT2D eigenvalue weighted by Crippen LogP contribution is -2.33. The highest BCUT2D eigenvalue weighted by Crippen LogP contribution is 2.12. The predicted octanol–water partition coefficient (Wildman–Crippen LogP) is 2.09. The normalized spacial score (nSPS) is 11.1. The van der Waals surface area contributed by atoms with Gasteiger partial charge >= 0.3 is 5.97 Å². The second-order valence-electron chi connectivity index (χ2n) is 5.48. The number of aromatic carboxylic acids is 1. The Bertz CT molecular complexity index is 447. The van der Waals surface area contributed by atoms with Gasteiger partial charge in [-0.1, -0.05) is 39.0 Å². The average Bonchev–Trinajstić information content (AvgIpc) is 2.26. The summed E-state index contributed by atoms with van der Waals surface area (Å²) in [6.45, 7) is 6.65. The van der Waals surface area contributed by atoms with E-state index in [1.165, 1.54) is 6.07 Å². The van der Waals surface area contributed by atoms with Crippen LogP contribution in [0.15, 0.2) is 24.3 Å². The Labute approximate surface area is 107 Å². The van der Waals surface area contributed by atoms with E-state index in [9.17, 15) is 9.59 Å². The van der Waals surface area contributed by atoms with Gasteiger partial charge in [0.25, 0.3) is 0 Å². The molecule has 4 heteroatoms. The summed E-state index contributed by atoms with van der Waals surface area (Å²) in [5, 5.41) is 11.8. The molecule has 98 valence electrons. The standard InChI is InChI=1S/C14H19NO3/c1-14(2,3)9-15-12(16)8-10-6-4-5-7-11(10)13(17)18/h4-7H,8-9H2,1-3H3,(H,15,16)(H,17,18). The minimum absolute atomic E-state index is 0.0158. The quantitative estimate of drug-likeness (QED) is 0.858. The first-order valence-corrected chi connectivity index (χ1v) is 5.87. The van der Waals surface area contributed by atoms with Gasteiger partial charge in [-0.3, -0.25) is 4.79 Å². The minimum Gasteiger partial charge on any atom is -0.478 e. The number of benzene rings is 1. The summed E-state index contributed by atoms with van der Waals surface area (Å²) in [7, 11) is 0. The summed E-state index contributed by atoms with van der Waals surface area (Å²) in [5.74, 6) is -1.16. The summed E-state index contributed by atoms with van der Waals surface area (Å²) in [6, 6.07) is 6.56. The van der Waals surface area contributed by atoms with E-state index in [-0.39, 0.29) is 23.3 Å². The highest BCUT2D eigenvalue weighted by atomic mass is 16.4. The van der Waals surface area contributed by atoms with Crippen molar-refractivity contribution < 1.29 is 14.7 Å². The number of carbonyl (C=O) groups excluding carboxylic acids is 1. The molecule has 0 saturated carbocycles. The molecule has 0 aromatic heterocycles. The van der Waals surface area contributed by atoms with Crippen LogP contribution in [0.5, 0.6) is 0 Å². The van der Waals surface area contributed by atoms with E-state index in [1.807, 2.05) is 20.8 Å². The van der Waals surface area contributed by atoms with E-state index in [4.69, 9.17) is 5.11 Å². The molecular formula is C14H19NO3. The van der Waals surface area contributed by atoms with Gasteiger partial charge in [0.15, 0.2) is 0 Å². The van der Waals surface area contributed by atoms with Crippen LogP contribution in [0.2, 0.25) is 0 Å². The Morgan fingerprint density at radius 1 is 1.22 bits per heavy atom. The Kier molecular flexibility index (Phi) is 4.48. The smallest absolute Gasteiger partial charge is 0.335 e. The Morgan fingerprint density at radius 2 is 1.83 bits per heavy atom. The highest BCUT2D eigenvalue weighted by Gasteiger charge is 2.15. The summed E-state index contributed by atoms with van der Waals surface area (Å²) in [4.78, 5) is 22.7. The molecule has 0 fully saturated rings. The second kappa shape index (κ2) is 5.67. The van der Waals surface area contributed by atoms with Gasteiger partial charge in [0.1, 0.15) is 0 Å².